The SMILES string of the molecule is CCOC(=O)c1nnn(Cc2ncon2)c1-c1cccs1. The molecular formula is C12H11N5O3S. The number of thiophene rings is 1. The Kier molecular flexibility index (Phi) is 3.73. The van der Waals surface area contributed by atoms with E-state index in [4.69, 9.17) is 9.26 Å². The van der Waals surface area contributed by atoms with Crippen LogP contribution in [0.15, 0.2) is 28.4 Å². The highest BCUT2D eigenvalue weighted by atomic mass is 32.1. The minimum atomic E-state index is -0.500. The Bertz CT molecular complexity index is 720. The van der Waals surface area contributed by atoms with Crippen LogP contribution in [0.25, 0.3) is 10.6 Å². The molecule has 0 spiro atoms. The molecule has 0 amide bonds. The van der Waals surface area contributed by atoms with Crippen LogP contribution in [0.1, 0.15) is 23.2 Å². The van der Waals surface area contributed by atoms with Gasteiger partial charge >= 0.3 is 5.97 Å². The summed E-state index contributed by atoms with van der Waals surface area (Å²) in [7, 11) is 0. The molecular weight excluding hydrogens is 294 g/mol. The normalized spacial score (nSPS) is 10.7. The van der Waals surface area contributed by atoms with Crippen LogP contribution in [0.4, 0.5) is 0 Å². The summed E-state index contributed by atoms with van der Waals surface area (Å²) in [5.74, 6) is -0.0478. The lowest BCUT2D eigenvalue weighted by Crippen LogP contribution is -2.09. The molecule has 3 rings (SSSR count). The number of aromatic nitrogens is 5. The third kappa shape index (κ3) is 2.68. The van der Waals surface area contributed by atoms with Crippen molar-refractivity contribution in [3.05, 3.63) is 35.4 Å². The van der Waals surface area contributed by atoms with Gasteiger partial charge in [-0.1, -0.05) is 16.4 Å². The molecule has 8 nitrogen and oxygen atoms in total. The second-order valence-electron chi connectivity index (χ2n) is 3.99. The minimum Gasteiger partial charge on any atom is -0.461 e. The van der Waals surface area contributed by atoms with Crippen LogP contribution in [0.3, 0.4) is 0 Å². The number of carbonyl (C=O) groups is 1. The molecule has 0 aromatic carbocycles. The molecule has 3 heterocycles. The summed E-state index contributed by atoms with van der Waals surface area (Å²) in [6.07, 6.45) is 1.24. The van der Waals surface area contributed by atoms with Crippen LogP contribution < -0.4 is 0 Å². The van der Waals surface area contributed by atoms with Crippen molar-refractivity contribution in [3.63, 3.8) is 0 Å². The highest BCUT2D eigenvalue weighted by Crippen LogP contribution is 2.27. The maximum absolute atomic E-state index is 12.0. The molecule has 3 aromatic rings. The van der Waals surface area contributed by atoms with Crippen LogP contribution >= 0.6 is 11.3 Å². The third-order valence-electron chi connectivity index (χ3n) is 2.66. The molecule has 3 aromatic heterocycles. The first kappa shape index (κ1) is 13.4. The fourth-order valence-corrected chi connectivity index (χ4v) is 2.59. The Morgan fingerprint density at radius 1 is 1.52 bits per heavy atom. The lowest BCUT2D eigenvalue weighted by atomic mass is 10.2. The van der Waals surface area contributed by atoms with Gasteiger partial charge in [-0.15, -0.1) is 16.4 Å². The molecule has 0 N–H and O–H groups in total. The predicted molar refractivity (Wildman–Crippen MR) is 72.7 cm³/mol. The van der Waals surface area contributed by atoms with Gasteiger partial charge in [-0.25, -0.2) is 9.48 Å². The Balaban J connectivity index is 2.02. The number of carbonyl (C=O) groups excluding carboxylic acids is 1. The van der Waals surface area contributed by atoms with Crippen molar-refractivity contribution < 1.29 is 14.1 Å². The fraction of sp³-hybridized carbons (Fsp3) is 0.250. The summed E-state index contributed by atoms with van der Waals surface area (Å²) >= 11 is 1.48. The van der Waals surface area contributed by atoms with Gasteiger partial charge in [0.1, 0.15) is 12.2 Å². The summed E-state index contributed by atoms with van der Waals surface area (Å²) in [4.78, 5) is 16.8. The monoisotopic (exact) mass is 305 g/mol. The average Bonchev–Trinajstić information content (AvgIpc) is 3.20. The molecule has 0 atom stereocenters. The molecule has 0 saturated heterocycles. The summed E-state index contributed by atoms with van der Waals surface area (Å²) in [6.45, 7) is 2.28. The van der Waals surface area contributed by atoms with E-state index in [9.17, 15) is 4.79 Å². The quantitative estimate of drug-likeness (QED) is 0.661. The lowest BCUT2D eigenvalue weighted by molar-refractivity contribution is 0.0520. The number of hydrogen-bond donors (Lipinski definition) is 0. The topological polar surface area (TPSA) is 95.9 Å². The Labute approximate surface area is 123 Å². The van der Waals surface area contributed by atoms with Crippen molar-refractivity contribution in [3.8, 4) is 10.6 Å². The van der Waals surface area contributed by atoms with Crippen molar-refractivity contribution in [2.24, 2.45) is 0 Å². The van der Waals surface area contributed by atoms with Crippen molar-refractivity contribution >= 4 is 17.3 Å². The van der Waals surface area contributed by atoms with E-state index in [-0.39, 0.29) is 18.8 Å². The maximum atomic E-state index is 12.0. The van der Waals surface area contributed by atoms with Gasteiger partial charge in [0.2, 0.25) is 6.39 Å². The number of esters is 1. The Hall–Kier alpha value is -2.55. The van der Waals surface area contributed by atoms with E-state index in [2.05, 4.69) is 20.5 Å². The molecule has 0 aliphatic rings. The lowest BCUT2D eigenvalue weighted by Gasteiger charge is -2.04. The van der Waals surface area contributed by atoms with Gasteiger partial charge in [0.15, 0.2) is 11.5 Å². The predicted octanol–water partition coefficient (Wildman–Crippen LogP) is 1.61. The third-order valence-corrected chi connectivity index (χ3v) is 3.53. The van der Waals surface area contributed by atoms with Crippen LogP contribution in [-0.2, 0) is 11.3 Å². The smallest absolute Gasteiger partial charge is 0.361 e. The zero-order valence-electron chi connectivity index (χ0n) is 11.1. The molecule has 108 valence electrons. The van der Waals surface area contributed by atoms with Gasteiger partial charge in [-0.2, -0.15) is 4.98 Å². The van der Waals surface area contributed by atoms with E-state index in [0.717, 1.165) is 4.88 Å². The molecule has 0 fully saturated rings. The minimum absolute atomic E-state index is 0.183. The van der Waals surface area contributed by atoms with Gasteiger partial charge in [0, 0.05) is 0 Å². The summed E-state index contributed by atoms with van der Waals surface area (Å²) < 4.78 is 11.3. The van der Waals surface area contributed by atoms with Crippen molar-refractivity contribution in [1.29, 1.82) is 0 Å². The van der Waals surface area contributed by atoms with E-state index < -0.39 is 5.97 Å². The Morgan fingerprint density at radius 2 is 2.43 bits per heavy atom. The van der Waals surface area contributed by atoms with Crippen molar-refractivity contribution in [1.82, 2.24) is 25.1 Å². The van der Waals surface area contributed by atoms with E-state index in [0.29, 0.717) is 11.5 Å². The maximum Gasteiger partial charge on any atom is 0.361 e. The van der Waals surface area contributed by atoms with E-state index in [1.165, 1.54) is 17.7 Å². The van der Waals surface area contributed by atoms with Gasteiger partial charge in [-0.3, -0.25) is 0 Å². The second-order valence-corrected chi connectivity index (χ2v) is 4.94. The highest BCUT2D eigenvalue weighted by Gasteiger charge is 2.23. The number of nitrogens with zero attached hydrogens (tertiary/aromatic N) is 5. The number of hydrogen-bond acceptors (Lipinski definition) is 8. The molecule has 0 aliphatic heterocycles. The van der Waals surface area contributed by atoms with Crippen LogP contribution in [0.5, 0.6) is 0 Å². The van der Waals surface area contributed by atoms with Gasteiger partial charge in [-0.05, 0) is 18.4 Å². The second kappa shape index (κ2) is 5.83. The first-order chi connectivity index (χ1) is 10.3. The Morgan fingerprint density at radius 3 is 3.10 bits per heavy atom. The fourth-order valence-electron chi connectivity index (χ4n) is 1.81. The van der Waals surface area contributed by atoms with Gasteiger partial charge < -0.3 is 9.26 Å². The molecule has 0 aliphatic carbocycles. The zero-order valence-corrected chi connectivity index (χ0v) is 11.9. The first-order valence-electron chi connectivity index (χ1n) is 6.19. The van der Waals surface area contributed by atoms with Crippen molar-refractivity contribution in [2.45, 2.75) is 13.5 Å². The van der Waals surface area contributed by atoms with Gasteiger partial charge in [0.25, 0.3) is 0 Å². The molecule has 9 heteroatoms. The van der Waals surface area contributed by atoms with E-state index >= 15 is 0 Å². The number of ether oxygens (including phenoxy) is 1. The molecule has 21 heavy (non-hydrogen) atoms. The van der Waals surface area contributed by atoms with E-state index in [1.807, 2.05) is 17.5 Å². The van der Waals surface area contributed by atoms with Crippen LogP contribution in [-0.4, -0.2) is 37.7 Å². The molecule has 0 radical (unpaired) electrons. The highest BCUT2D eigenvalue weighted by molar-refractivity contribution is 7.13. The van der Waals surface area contributed by atoms with Crippen LogP contribution in [0, 0.1) is 0 Å². The molecule has 0 unspecified atom stereocenters. The average molecular weight is 305 g/mol. The zero-order chi connectivity index (χ0) is 14.7. The summed E-state index contributed by atoms with van der Waals surface area (Å²) in [5.41, 5.74) is 0.774. The largest absolute Gasteiger partial charge is 0.461 e. The van der Waals surface area contributed by atoms with Crippen molar-refractivity contribution in [2.75, 3.05) is 6.61 Å². The van der Waals surface area contributed by atoms with E-state index in [1.54, 1.807) is 11.6 Å². The summed E-state index contributed by atoms with van der Waals surface area (Å²) in [5, 5.41) is 13.6. The standard InChI is InChI=1S/C12H11N5O3S/c1-2-19-12(18)10-11(8-4-3-5-21-8)17(16-14-10)6-9-13-7-20-15-9/h3-5,7H,2,6H2,1H3. The number of rotatable bonds is 5. The van der Waals surface area contributed by atoms with Gasteiger partial charge in [0.05, 0.1) is 11.5 Å². The molecule has 0 bridgehead atoms. The molecule has 0 saturated carbocycles. The van der Waals surface area contributed by atoms with Crippen LogP contribution in [0.2, 0.25) is 0 Å². The summed E-state index contributed by atoms with van der Waals surface area (Å²) in [6, 6.07) is 3.78. The first-order valence-corrected chi connectivity index (χ1v) is 7.07.